The van der Waals surface area contributed by atoms with E-state index in [4.69, 9.17) is 0 Å². The molecule has 2 heteroatoms. The molecule has 1 nitrogen and oxygen atoms in total. The zero-order valence-electron chi connectivity index (χ0n) is 7.45. The van der Waals surface area contributed by atoms with E-state index in [1.54, 1.807) is 0 Å². The van der Waals surface area contributed by atoms with Crippen LogP contribution in [-0.2, 0) is 0 Å². The van der Waals surface area contributed by atoms with Gasteiger partial charge in [-0.2, -0.15) is 0 Å². The van der Waals surface area contributed by atoms with Gasteiger partial charge in [-0.05, 0) is 25.0 Å². The van der Waals surface area contributed by atoms with Gasteiger partial charge in [-0.25, -0.2) is 0 Å². The van der Waals surface area contributed by atoms with Crippen LogP contribution in [0.5, 0.6) is 0 Å². The fraction of sp³-hybridized carbons (Fsp3) is 0.400. The Bertz CT molecular complexity index is 247. The second-order valence-corrected chi connectivity index (χ2v) is 3.97. The minimum atomic E-state index is -0.272. The molecular weight excluding hydrogens is 168 g/mol. The summed E-state index contributed by atoms with van der Waals surface area (Å²) in [5, 5.41) is 9.40. The lowest BCUT2D eigenvalue weighted by Crippen LogP contribution is -1.97. The minimum Gasteiger partial charge on any atom is -0.382 e. The van der Waals surface area contributed by atoms with E-state index in [2.05, 4.69) is 13.0 Å². The van der Waals surface area contributed by atoms with E-state index in [-0.39, 0.29) is 5.44 Å². The van der Waals surface area contributed by atoms with Crippen LogP contribution in [0.4, 0.5) is 0 Å². The highest BCUT2D eigenvalue weighted by atomic mass is 32.2. The fourth-order valence-corrected chi connectivity index (χ4v) is 1.79. The number of aryl methyl sites for hydroxylation is 1. The maximum atomic E-state index is 9.40. The van der Waals surface area contributed by atoms with Gasteiger partial charge in [0.15, 0.2) is 0 Å². The van der Waals surface area contributed by atoms with Crippen molar-refractivity contribution in [3.05, 3.63) is 29.8 Å². The molecule has 1 rings (SSSR count). The van der Waals surface area contributed by atoms with Gasteiger partial charge in [-0.1, -0.05) is 36.9 Å². The van der Waals surface area contributed by atoms with E-state index in [0.717, 1.165) is 6.42 Å². The van der Waals surface area contributed by atoms with Crippen molar-refractivity contribution in [1.29, 1.82) is 0 Å². The molecule has 1 aromatic rings. The molecule has 12 heavy (non-hydrogen) atoms. The second-order valence-electron chi connectivity index (χ2n) is 2.75. The van der Waals surface area contributed by atoms with E-state index < -0.39 is 0 Å². The Kier molecular flexibility index (Phi) is 3.63. The zero-order valence-corrected chi connectivity index (χ0v) is 8.27. The van der Waals surface area contributed by atoms with Gasteiger partial charge in [0.25, 0.3) is 0 Å². The average molecular weight is 182 g/mol. The van der Waals surface area contributed by atoms with Crippen molar-refractivity contribution in [2.24, 2.45) is 0 Å². The summed E-state index contributed by atoms with van der Waals surface area (Å²) < 4.78 is 0. The highest BCUT2D eigenvalue weighted by Crippen LogP contribution is 2.26. The standard InChI is InChI=1S/C10H14OS/c1-3-10(11)12-9-7-5-4-6-8(9)2/h4-7,10-11H,3H2,1-2H3/t10-/m0/s1. The predicted molar refractivity (Wildman–Crippen MR) is 53.3 cm³/mol. The van der Waals surface area contributed by atoms with Crippen LogP contribution >= 0.6 is 11.8 Å². The summed E-state index contributed by atoms with van der Waals surface area (Å²) in [6.07, 6.45) is 0.791. The van der Waals surface area contributed by atoms with E-state index in [1.165, 1.54) is 22.2 Å². The van der Waals surface area contributed by atoms with Crippen LogP contribution in [0.2, 0.25) is 0 Å². The maximum absolute atomic E-state index is 9.40. The first-order valence-corrected chi connectivity index (χ1v) is 5.02. The lowest BCUT2D eigenvalue weighted by molar-refractivity contribution is 0.259. The average Bonchev–Trinajstić information content (AvgIpc) is 2.09. The van der Waals surface area contributed by atoms with Crippen LogP contribution in [0.1, 0.15) is 18.9 Å². The highest BCUT2D eigenvalue weighted by molar-refractivity contribution is 7.99. The molecule has 0 aliphatic rings. The van der Waals surface area contributed by atoms with Gasteiger partial charge in [0.1, 0.15) is 5.44 Å². The van der Waals surface area contributed by atoms with Crippen LogP contribution in [0.15, 0.2) is 29.2 Å². The summed E-state index contributed by atoms with van der Waals surface area (Å²) in [5.41, 5.74) is 0.959. The van der Waals surface area contributed by atoms with Crippen LogP contribution in [0.3, 0.4) is 0 Å². The van der Waals surface area contributed by atoms with Gasteiger partial charge in [0.2, 0.25) is 0 Å². The molecule has 0 amide bonds. The molecule has 0 saturated carbocycles. The Morgan fingerprint density at radius 3 is 2.67 bits per heavy atom. The van der Waals surface area contributed by atoms with Gasteiger partial charge in [0.05, 0.1) is 0 Å². The largest absolute Gasteiger partial charge is 0.382 e. The first-order valence-electron chi connectivity index (χ1n) is 4.14. The molecule has 66 valence electrons. The molecule has 0 unspecified atom stereocenters. The lowest BCUT2D eigenvalue weighted by atomic mass is 10.2. The fourth-order valence-electron chi connectivity index (χ4n) is 0.919. The Labute approximate surface area is 77.8 Å². The summed E-state index contributed by atoms with van der Waals surface area (Å²) in [6.45, 7) is 4.04. The quantitative estimate of drug-likeness (QED) is 0.573. The monoisotopic (exact) mass is 182 g/mol. The first-order chi connectivity index (χ1) is 5.74. The van der Waals surface area contributed by atoms with Crippen molar-refractivity contribution < 1.29 is 5.11 Å². The van der Waals surface area contributed by atoms with Crippen molar-refractivity contribution in [3.8, 4) is 0 Å². The Hall–Kier alpha value is -0.470. The number of rotatable bonds is 3. The topological polar surface area (TPSA) is 20.2 Å². The van der Waals surface area contributed by atoms with Gasteiger partial charge in [-0.15, -0.1) is 0 Å². The van der Waals surface area contributed by atoms with Crippen molar-refractivity contribution in [2.45, 2.75) is 30.6 Å². The number of hydrogen-bond donors (Lipinski definition) is 1. The third-order valence-electron chi connectivity index (χ3n) is 1.71. The number of aliphatic hydroxyl groups is 1. The molecule has 0 heterocycles. The van der Waals surface area contributed by atoms with Gasteiger partial charge < -0.3 is 5.11 Å². The molecule has 1 atom stereocenters. The SMILES string of the molecule is CC[C@@H](O)Sc1ccccc1C. The van der Waals surface area contributed by atoms with Crippen molar-refractivity contribution in [2.75, 3.05) is 0 Å². The van der Waals surface area contributed by atoms with E-state index in [0.29, 0.717) is 0 Å². The van der Waals surface area contributed by atoms with Gasteiger partial charge in [0, 0.05) is 4.90 Å². The molecule has 0 saturated heterocycles. The van der Waals surface area contributed by atoms with Crippen molar-refractivity contribution in [1.82, 2.24) is 0 Å². The van der Waals surface area contributed by atoms with Crippen molar-refractivity contribution >= 4 is 11.8 Å². The molecule has 1 aromatic carbocycles. The third-order valence-corrected chi connectivity index (χ3v) is 3.02. The molecule has 0 bridgehead atoms. The molecule has 0 aliphatic heterocycles. The molecule has 0 radical (unpaired) electrons. The predicted octanol–water partition coefficient (Wildman–Crippen LogP) is 2.82. The summed E-state index contributed by atoms with van der Waals surface area (Å²) in [7, 11) is 0. The van der Waals surface area contributed by atoms with E-state index in [9.17, 15) is 5.11 Å². The number of aliphatic hydroxyl groups excluding tert-OH is 1. The summed E-state index contributed by atoms with van der Waals surface area (Å²) >= 11 is 1.53. The van der Waals surface area contributed by atoms with Gasteiger partial charge >= 0.3 is 0 Å². The molecule has 0 fully saturated rings. The minimum absolute atomic E-state index is 0.272. The summed E-state index contributed by atoms with van der Waals surface area (Å²) in [4.78, 5) is 1.17. The number of benzene rings is 1. The number of thioether (sulfide) groups is 1. The maximum Gasteiger partial charge on any atom is 0.104 e. The van der Waals surface area contributed by atoms with Crippen LogP contribution < -0.4 is 0 Å². The van der Waals surface area contributed by atoms with Crippen LogP contribution in [0.25, 0.3) is 0 Å². The van der Waals surface area contributed by atoms with Gasteiger partial charge in [-0.3, -0.25) is 0 Å². The Morgan fingerprint density at radius 1 is 1.42 bits per heavy atom. The molecule has 0 aromatic heterocycles. The normalized spacial score (nSPS) is 12.9. The summed E-state index contributed by atoms with van der Waals surface area (Å²) in [6, 6.07) is 8.11. The highest BCUT2D eigenvalue weighted by Gasteiger charge is 2.04. The van der Waals surface area contributed by atoms with Crippen molar-refractivity contribution in [3.63, 3.8) is 0 Å². The van der Waals surface area contributed by atoms with Crippen LogP contribution in [0, 0.1) is 6.92 Å². The Morgan fingerprint density at radius 2 is 2.08 bits per heavy atom. The van der Waals surface area contributed by atoms with Crippen LogP contribution in [-0.4, -0.2) is 10.5 Å². The summed E-state index contributed by atoms with van der Waals surface area (Å²) in [5.74, 6) is 0. The smallest absolute Gasteiger partial charge is 0.104 e. The zero-order chi connectivity index (χ0) is 8.97. The molecule has 0 aliphatic carbocycles. The number of hydrogen-bond acceptors (Lipinski definition) is 2. The second kappa shape index (κ2) is 4.53. The first kappa shape index (κ1) is 9.62. The van der Waals surface area contributed by atoms with E-state index >= 15 is 0 Å². The molecular formula is C10H14OS. The Balaban J connectivity index is 2.69. The molecule has 0 spiro atoms. The lowest BCUT2D eigenvalue weighted by Gasteiger charge is -2.08. The molecule has 1 N–H and O–H groups in total. The van der Waals surface area contributed by atoms with E-state index in [1.807, 2.05) is 25.1 Å². The third kappa shape index (κ3) is 2.54.